The van der Waals surface area contributed by atoms with Crippen molar-refractivity contribution < 1.29 is 4.79 Å². The Morgan fingerprint density at radius 1 is 1.33 bits per heavy atom. The first-order chi connectivity index (χ1) is 8.50. The van der Waals surface area contributed by atoms with E-state index in [1.165, 1.54) is 11.1 Å². The van der Waals surface area contributed by atoms with Crippen molar-refractivity contribution >= 4 is 5.91 Å². The van der Waals surface area contributed by atoms with Gasteiger partial charge in [0.1, 0.15) is 0 Å². The van der Waals surface area contributed by atoms with Crippen LogP contribution >= 0.6 is 0 Å². The molecule has 18 heavy (non-hydrogen) atoms. The number of nitrogens with zero attached hydrogens (tertiary/aromatic N) is 1. The average Bonchev–Trinajstić information content (AvgIpc) is 2.34. The number of likely N-dealkylation sites (N-methyl/N-ethyl adjacent to an activating group) is 1. The molecule has 1 amide bonds. The van der Waals surface area contributed by atoms with Crippen molar-refractivity contribution in [2.75, 3.05) is 27.2 Å². The van der Waals surface area contributed by atoms with Crippen LogP contribution in [0.15, 0.2) is 24.3 Å². The first-order valence-electron chi connectivity index (χ1n) is 6.50. The highest BCUT2D eigenvalue weighted by molar-refractivity contribution is 5.77. The average molecular weight is 248 g/mol. The number of hydrogen-bond acceptors (Lipinski definition) is 2. The quantitative estimate of drug-likeness (QED) is 0.781. The minimum absolute atomic E-state index is 0.117. The van der Waals surface area contributed by atoms with Crippen molar-refractivity contribution in [1.82, 2.24) is 10.2 Å². The molecule has 3 nitrogen and oxygen atoms in total. The molecule has 0 fully saturated rings. The van der Waals surface area contributed by atoms with Gasteiger partial charge in [0, 0.05) is 14.1 Å². The standard InChI is InChI=1S/C15H24N2O/c1-12(2)14-7-5-6-13(10-14)8-9-16-11-15(18)17(3)4/h5-7,10,12,16H,8-9,11H2,1-4H3. The Morgan fingerprint density at radius 3 is 2.67 bits per heavy atom. The van der Waals surface area contributed by atoms with Crippen LogP contribution in [0.5, 0.6) is 0 Å². The Balaban J connectivity index is 2.35. The van der Waals surface area contributed by atoms with Crippen molar-refractivity contribution in [2.24, 2.45) is 0 Å². The van der Waals surface area contributed by atoms with Crippen LogP contribution in [0.3, 0.4) is 0 Å². The maximum absolute atomic E-state index is 11.4. The highest BCUT2D eigenvalue weighted by atomic mass is 16.2. The molecule has 1 aromatic carbocycles. The van der Waals surface area contributed by atoms with Crippen LogP contribution in [0.25, 0.3) is 0 Å². The molecule has 0 heterocycles. The van der Waals surface area contributed by atoms with Gasteiger partial charge < -0.3 is 10.2 Å². The van der Waals surface area contributed by atoms with Crippen molar-refractivity contribution in [1.29, 1.82) is 0 Å². The Morgan fingerprint density at radius 2 is 2.06 bits per heavy atom. The van der Waals surface area contributed by atoms with E-state index in [-0.39, 0.29) is 5.91 Å². The van der Waals surface area contributed by atoms with Gasteiger partial charge >= 0.3 is 0 Å². The molecule has 0 saturated heterocycles. The van der Waals surface area contributed by atoms with Crippen LogP contribution in [0, 0.1) is 0 Å². The lowest BCUT2D eigenvalue weighted by Gasteiger charge is -2.11. The van der Waals surface area contributed by atoms with Crippen LogP contribution in [0.4, 0.5) is 0 Å². The molecular weight excluding hydrogens is 224 g/mol. The summed E-state index contributed by atoms with van der Waals surface area (Å²) in [4.78, 5) is 13.0. The zero-order valence-corrected chi connectivity index (χ0v) is 11.9. The Bertz CT molecular complexity index is 386. The molecule has 0 aromatic heterocycles. The number of carbonyl (C=O) groups is 1. The van der Waals surface area contributed by atoms with Crippen LogP contribution in [0.2, 0.25) is 0 Å². The smallest absolute Gasteiger partial charge is 0.236 e. The lowest BCUT2D eigenvalue weighted by Crippen LogP contribution is -2.33. The molecule has 0 aliphatic carbocycles. The third-order valence-electron chi connectivity index (χ3n) is 2.98. The largest absolute Gasteiger partial charge is 0.348 e. The summed E-state index contributed by atoms with van der Waals surface area (Å²) in [5.41, 5.74) is 2.70. The van der Waals surface area contributed by atoms with Crippen molar-refractivity contribution in [2.45, 2.75) is 26.2 Å². The number of benzene rings is 1. The fourth-order valence-electron chi connectivity index (χ4n) is 1.69. The SMILES string of the molecule is CC(C)c1cccc(CCNCC(=O)N(C)C)c1. The maximum atomic E-state index is 11.4. The third-order valence-corrected chi connectivity index (χ3v) is 2.98. The summed E-state index contributed by atoms with van der Waals surface area (Å²) >= 11 is 0. The Hall–Kier alpha value is -1.35. The van der Waals surface area contributed by atoms with E-state index in [2.05, 4.69) is 43.4 Å². The van der Waals surface area contributed by atoms with Gasteiger partial charge in [0.2, 0.25) is 5.91 Å². The second kappa shape index (κ2) is 7.17. The van der Waals surface area contributed by atoms with Crippen LogP contribution in [-0.2, 0) is 11.2 Å². The minimum atomic E-state index is 0.117. The number of nitrogens with one attached hydrogen (secondary N) is 1. The maximum Gasteiger partial charge on any atom is 0.236 e. The summed E-state index contributed by atoms with van der Waals surface area (Å²) < 4.78 is 0. The summed E-state index contributed by atoms with van der Waals surface area (Å²) in [6.07, 6.45) is 0.960. The highest BCUT2D eigenvalue weighted by Gasteiger charge is 2.03. The van der Waals surface area contributed by atoms with Gasteiger partial charge in [0.25, 0.3) is 0 Å². The molecule has 0 unspecified atom stereocenters. The first-order valence-corrected chi connectivity index (χ1v) is 6.50. The second-order valence-electron chi connectivity index (χ2n) is 5.11. The third kappa shape index (κ3) is 4.88. The Labute approximate surface area is 110 Å². The van der Waals surface area contributed by atoms with E-state index in [0.717, 1.165) is 13.0 Å². The van der Waals surface area contributed by atoms with Gasteiger partial charge in [0.15, 0.2) is 0 Å². The van der Waals surface area contributed by atoms with Crippen molar-refractivity contribution in [3.63, 3.8) is 0 Å². The predicted octanol–water partition coefficient (Wildman–Crippen LogP) is 2.03. The van der Waals surface area contributed by atoms with E-state index in [4.69, 9.17) is 0 Å². The number of hydrogen-bond donors (Lipinski definition) is 1. The van der Waals surface area contributed by atoms with Gasteiger partial charge in [0.05, 0.1) is 6.54 Å². The molecule has 0 atom stereocenters. The van der Waals surface area contributed by atoms with Crippen molar-refractivity contribution in [3.8, 4) is 0 Å². The van der Waals surface area contributed by atoms with E-state index in [1.54, 1.807) is 19.0 Å². The topological polar surface area (TPSA) is 32.3 Å². The minimum Gasteiger partial charge on any atom is -0.348 e. The summed E-state index contributed by atoms with van der Waals surface area (Å²) in [6.45, 7) is 5.65. The van der Waals surface area contributed by atoms with Gasteiger partial charge in [-0.05, 0) is 30.0 Å². The number of amides is 1. The summed E-state index contributed by atoms with van der Waals surface area (Å²) in [6, 6.07) is 8.66. The summed E-state index contributed by atoms with van der Waals surface area (Å²) in [5, 5.41) is 3.17. The number of rotatable bonds is 6. The molecule has 1 N–H and O–H groups in total. The first kappa shape index (κ1) is 14.7. The van der Waals surface area contributed by atoms with Gasteiger partial charge in [-0.1, -0.05) is 38.1 Å². The van der Waals surface area contributed by atoms with Gasteiger partial charge in [-0.3, -0.25) is 4.79 Å². The van der Waals surface area contributed by atoms with Gasteiger partial charge in [-0.2, -0.15) is 0 Å². The van der Waals surface area contributed by atoms with E-state index in [0.29, 0.717) is 12.5 Å². The fraction of sp³-hybridized carbons (Fsp3) is 0.533. The molecule has 1 rings (SSSR count). The van der Waals surface area contributed by atoms with E-state index < -0.39 is 0 Å². The second-order valence-corrected chi connectivity index (χ2v) is 5.11. The zero-order chi connectivity index (χ0) is 13.5. The lowest BCUT2D eigenvalue weighted by atomic mass is 10.00. The van der Waals surface area contributed by atoms with Crippen LogP contribution in [0.1, 0.15) is 30.9 Å². The molecular formula is C15H24N2O. The van der Waals surface area contributed by atoms with Crippen LogP contribution in [-0.4, -0.2) is 38.0 Å². The molecule has 0 aliphatic heterocycles. The Kier molecular flexibility index (Phi) is 5.86. The molecule has 3 heteroatoms. The molecule has 100 valence electrons. The normalized spacial score (nSPS) is 10.7. The summed E-state index contributed by atoms with van der Waals surface area (Å²) in [5.74, 6) is 0.680. The molecule has 1 aromatic rings. The lowest BCUT2D eigenvalue weighted by molar-refractivity contribution is -0.127. The predicted molar refractivity (Wildman–Crippen MR) is 75.8 cm³/mol. The molecule has 0 aliphatic rings. The molecule has 0 bridgehead atoms. The highest BCUT2D eigenvalue weighted by Crippen LogP contribution is 2.15. The molecule has 0 radical (unpaired) electrons. The zero-order valence-electron chi connectivity index (χ0n) is 11.9. The van der Waals surface area contributed by atoms with Gasteiger partial charge in [-0.15, -0.1) is 0 Å². The van der Waals surface area contributed by atoms with E-state index in [1.807, 2.05) is 0 Å². The molecule has 0 spiro atoms. The van der Waals surface area contributed by atoms with Crippen molar-refractivity contribution in [3.05, 3.63) is 35.4 Å². The van der Waals surface area contributed by atoms with E-state index >= 15 is 0 Å². The van der Waals surface area contributed by atoms with E-state index in [9.17, 15) is 4.79 Å². The van der Waals surface area contributed by atoms with Crippen LogP contribution < -0.4 is 5.32 Å². The monoisotopic (exact) mass is 248 g/mol. The summed E-state index contributed by atoms with van der Waals surface area (Å²) in [7, 11) is 3.55. The number of carbonyl (C=O) groups excluding carboxylic acids is 1. The fourth-order valence-corrected chi connectivity index (χ4v) is 1.69. The van der Waals surface area contributed by atoms with Gasteiger partial charge in [-0.25, -0.2) is 0 Å². The molecule has 0 saturated carbocycles.